The van der Waals surface area contributed by atoms with E-state index in [0.29, 0.717) is 18.3 Å². The second-order valence-electron chi connectivity index (χ2n) is 11.5. The van der Waals surface area contributed by atoms with E-state index in [0.717, 1.165) is 44.3 Å². The van der Waals surface area contributed by atoms with Gasteiger partial charge >= 0.3 is 17.9 Å². The lowest BCUT2D eigenvalue weighted by Gasteiger charge is -2.66. The fourth-order valence-corrected chi connectivity index (χ4v) is 8.16. The molecule has 0 N–H and O–H groups in total. The highest BCUT2D eigenvalue weighted by Crippen LogP contribution is 2.70. The second-order valence-corrected chi connectivity index (χ2v) is 11.5. The molecule has 178 valence electrons. The Kier molecular flexibility index (Phi) is 5.74. The predicted octanol–water partition coefficient (Wildman–Crippen LogP) is 4.95. The molecule has 6 heteroatoms. The van der Waals surface area contributed by atoms with Gasteiger partial charge in [0.05, 0.1) is 0 Å². The molecule has 0 heterocycles. The van der Waals surface area contributed by atoms with Gasteiger partial charge in [0.25, 0.3) is 0 Å². The van der Waals surface area contributed by atoms with Crippen LogP contribution < -0.4 is 0 Å². The zero-order valence-corrected chi connectivity index (χ0v) is 20.4. The molecule has 0 aromatic rings. The van der Waals surface area contributed by atoms with Gasteiger partial charge in [0.2, 0.25) is 0 Å². The van der Waals surface area contributed by atoms with E-state index in [2.05, 4.69) is 26.8 Å². The minimum absolute atomic E-state index is 0.0157. The van der Waals surface area contributed by atoms with Crippen LogP contribution in [-0.2, 0) is 28.6 Å². The molecule has 0 aliphatic heterocycles. The van der Waals surface area contributed by atoms with Crippen LogP contribution in [0.15, 0.2) is 11.8 Å². The molecule has 32 heavy (non-hydrogen) atoms. The number of allylic oxidation sites excluding steroid dienone is 2. The first kappa shape index (κ1) is 23.3. The summed E-state index contributed by atoms with van der Waals surface area (Å²) in [5, 5.41) is 0. The number of hydrogen-bond donors (Lipinski definition) is 0. The molecule has 4 aliphatic carbocycles. The van der Waals surface area contributed by atoms with Crippen molar-refractivity contribution in [2.45, 2.75) is 98.7 Å². The minimum atomic E-state index is -0.300. The monoisotopic (exact) mass is 446 g/mol. The molecule has 0 aromatic carbocycles. The number of esters is 3. The Hall–Kier alpha value is -1.85. The maximum absolute atomic E-state index is 12.2. The highest BCUT2D eigenvalue weighted by atomic mass is 16.6. The van der Waals surface area contributed by atoms with E-state index < -0.39 is 0 Å². The first-order valence-electron chi connectivity index (χ1n) is 12.1. The largest absolute Gasteiger partial charge is 0.463 e. The van der Waals surface area contributed by atoms with Crippen molar-refractivity contribution in [3.05, 3.63) is 11.8 Å². The third-order valence-electron chi connectivity index (χ3n) is 9.65. The summed E-state index contributed by atoms with van der Waals surface area (Å²) in [6.45, 7) is 11.3. The van der Waals surface area contributed by atoms with Crippen molar-refractivity contribution in [3.8, 4) is 0 Å². The van der Waals surface area contributed by atoms with Gasteiger partial charge in [-0.05, 0) is 73.7 Å². The summed E-state index contributed by atoms with van der Waals surface area (Å²) in [7, 11) is 0. The summed E-state index contributed by atoms with van der Waals surface area (Å²) in [5.74, 6) is 1.01. The second kappa shape index (κ2) is 7.88. The van der Waals surface area contributed by atoms with Crippen LogP contribution in [0.4, 0.5) is 0 Å². The molecule has 6 nitrogen and oxygen atoms in total. The van der Waals surface area contributed by atoms with Crippen LogP contribution in [0.5, 0.6) is 0 Å². The van der Waals surface area contributed by atoms with Gasteiger partial charge in [-0.1, -0.05) is 20.8 Å². The van der Waals surface area contributed by atoms with Gasteiger partial charge in [-0.25, -0.2) is 0 Å². The molecule has 0 aromatic heterocycles. The Morgan fingerprint density at radius 1 is 0.906 bits per heavy atom. The SMILES string of the molecule is CC(=O)OC1=CCC2C3CCC4(C)CC(OC(C)=O)CCC4(C)C3C(OC(C)=O)CC12C. The van der Waals surface area contributed by atoms with Crippen LogP contribution in [0.2, 0.25) is 0 Å². The Morgan fingerprint density at radius 3 is 2.22 bits per heavy atom. The quantitative estimate of drug-likeness (QED) is 0.451. The van der Waals surface area contributed by atoms with Crippen LogP contribution in [0.25, 0.3) is 0 Å². The van der Waals surface area contributed by atoms with Crippen molar-refractivity contribution in [3.63, 3.8) is 0 Å². The summed E-state index contributed by atoms with van der Waals surface area (Å²) in [4.78, 5) is 35.5. The van der Waals surface area contributed by atoms with Crippen LogP contribution >= 0.6 is 0 Å². The Balaban J connectivity index is 1.69. The first-order valence-corrected chi connectivity index (χ1v) is 12.1. The van der Waals surface area contributed by atoms with Gasteiger partial charge in [-0.2, -0.15) is 0 Å². The van der Waals surface area contributed by atoms with E-state index in [4.69, 9.17) is 14.2 Å². The Labute approximate surface area is 191 Å². The van der Waals surface area contributed by atoms with E-state index in [-0.39, 0.29) is 52.3 Å². The number of carbonyl (C=O) groups excluding carboxylic acids is 3. The van der Waals surface area contributed by atoms with Gasteiger partial charge in [0.1, 0.15) is 18.0 Å². The molecule has 3 fully saturated rings. The van der Waals surface area contributed by atoms with Crippen molar-refractivity contribution in [2.24, 2.45) is 34.0 Å². The van der Waals surface area contributed by atoms with E-state index in [1.54, 1.807) is 0 Å². The minimum Gasteiger partial charge on any atom is -0.463 e. The van der Waals surface area contributed by atoms with E-state index in [1.807, 2.05) is 0 Å². The number of hydrogen-bond acceptors (Lipinski definition) is 6. The molecule has 8 unspecified atom stereocenters. The van der Waals surface area contributed by atoms with Crippen LogP contribution in [0, 0.1) is 34.0 Å². The Bertz CT molecular complexity index is 847. The molecule has 0 radical (unpaired) electrons. The van der Waals surface area contributed by atoms with Gasteiger partial charge < -0.3 is 14.2 Å². The average molecular weight is 447 g/mol. The fraction of sp³-hybridized carbons (Fsp3) is 0.808. The zero-order valence-electron chi connectivity index (χ0n) is 20.4. The molecular weight excluding hydrogens is 408 g/mol. The van der Waals surface area contributed by atoms with E-state index in [1.165, 1.54) is 20.8 Å². The van der Waals surface area contributed by atoms with Crippen LogP contribution in [0.1, 0.15) is 86.5 Å². The smallest absolute Gasteiger partial charge is 0.307 e. The lowest BCUT2D eigenvalue weighted by molar-refractivity contribution is -0.219. The molecule has 4 aliphatic rings. The van der Waals surface area contributed by atoms with Gasteiger partial charge in [-0.3, -0.25) is 14.4 Å². The standard InChI is InChI=1S/C26H38O6/c1-15(27)30-18-9-12-26(6)23-19(10-11-24(26,4)13-18)20-7-8-22(32-17(3)29)25(20,5)14-21(23)31-16(2)28/h8,18-21,23H,7,9-14H2,1-6H3. The Morgan fingerprint density at radius 2 is 1.59 bits per heavy atom. The van der Waals surface area contributed by atoms with E-state index >= 15 is 0 Å². The van der Waals surface area contributed by atoms with Gasteiger partial charge in [0.15, 0.2) is 0 Å². The van der Waals surface area contributed by atoms with Crippen molar-refractivity contribution >= 4 is 17.9 Å². The maximum Gasteiger partial charge on any atom is 0.307 e. The van der Waals surface area contributed by atoms with Gasteiger partial charge in [-0.15, -0.1) is 0 Å². The third-order valence-corrected chi connectivity index (χ3v) is 9.65. The molecule has 0 spiro atoms. The number of rotatable bonds is 3. The summed E-state index contributed by atoms with van der Waals surface area (Å²) >= 11 is 0. The van der Waals surface area contributed by atoms with Crippen molar-refractivity contribution in [1.29, 1.82) is 0 Å². The summed E-state index contributed by atoms with van der Waals surface area (Å²) in [6, 6.07) is 0. The van der Waals surface area contributed by atoms with Crippen LogP contribution in [-0.4, -0.2) is 30.1 Å². The normalized spacial score (nSPS) is 44.9. The topological polar surface area (TPSA) is 78.9 Å². The lowest BCUT2D eigenvalue weighted by Crippen LogP contribution is -2.63. The highest BCUT2D eigenvalue weighted by molar-refractivity contribution is 5.68. The maximum atomic E-state index is 12.2. The molecular formula is C26H38O6. The van der Waals surface area contributed by atoms with Crippen molar-refractivity contribution < 1.29 is 28.6 Å². The predicted molar refractivity (Wildman–Crippen MR) is 118 cm³/mol. The summed E-state index contributed by atoms with van der Waals surface area (Å²) in [6.07, 6.45) is 8.18. The molecule has 0 saturated heterocycles. The zero-order chi connectivity index (χ0) is 23.5. The van der Waals surface area contributed by atoms with Crippen LogP contribution in [0.3, 0.4) is 0 Å². The summed E-state index contributed by atoms with van der Waals surface area (Å²) < 4.78 is 17.3. The highest BCUT2D eigenvalue weighted by Gasteiger charge is 2.66. The van der Waals surface area contributed by atoms with Gasteiger partial charge in [0, 0.05) is 32.1 Å². The summed E-state index contributed by atoms with van der Waals surface area (Å²) in [5.41, 5.74) is -0.298. The lowest BCUT2D eigenvalue weighted by atomic mass is 9.40. The van der Waals surface area contributed by atoms with E-state index in [9.17, 15) is 14.4 Å². The van der Waals surface area contributed by atoms with Crippen molar-refractivity contribution in [1.82, 2.24) is 0 Å². The molecule has 3 saturated carbocycles. The third kappa shape index (κ3) is 3.58. The molecule has 4 rings (SSSR count). The molecule has 0 amide bonds. The molecule has 0 bridgehead atoms. The molecule has 8 atom stereocenters. The average Bonchev–Trinajstić information content (AvgIpc) is 2.97. The number of fused-ring (bicyclic) bond motifs is 5. The number of ether oxygens (including phenoxy) is 3. The fourth-order valence-electron chi connectivity index (χ4n) is 8.16. The van der Waals surface area contributed by atoms with Crippen molar-refractivity contribution in [2.75, 3.05) is 0 Å². The first-order chi connectivity index (χ1) is 14.9. The number of carbonyl (C=O) groups is 3.